The van der Waals surface area contributed by atoms with Crippen LogP contribution >= 0.6 is 15.9 Å². The van der Waals surface area contributed by atoms with Crippen molar-refractivity contribution in [2.75, 3.05) is 13.7 Å². The van der Waals surface area contributed by atoms with Gasteiger partial charge >= 0.3 is 5.97 Å². The molecule has 0 bridgehead atoms. The van der Waals surface area contributed by atoms with E-state index in [4.69, 9.17) is 19.9 Å². The monoisotopic (exact) mass is 596 g/mol. The van der Waals surface area contributed by atoms with E-state index in [0.717, 1.165) is 0 Å². The summed E-state index contributed by atoms with van der Waals surface area (Å²) in [6.45, 7) is -1.19. The van der Waals surface area contributed by atoms with Gasteiger partial charge in [0.25, 0.3) is 0 Å². The second kappa shape index (κ2) is 10.6. The molecule has 0 amide bonds. The molecule has 1 atom stereocenters. The van der Waals surface area contributed by atoms with Crippen molar-refractivity contribution in [3.63, 3.8) is 0 Å². The Morgan fingerprint density at radius 2 is 1.68 bits per heavy atom. The van der Waals surface area contributed by atoms with E-state index in [1.807, 2.05) is 6.07 Å². The Balaban J connectivity index is 1.60. The standard InChI is InChI=1S/C25H14BrF5N2O5/c1-35-15-5-2-10(26)6-13(15)18-12-4-3-11(7-16(12)38-25(33)14(18)8-32)37-17(34)9-36-24-22(30)20(28)19(27)21(29)23(24)31/h2-7,18H,9,33H2,1H3. The molecule has 13 heteroatoms. The fraction of sp³-hybridized carbons (Fsp3) is 0.120. The molecule has 0 aliphatic carbocycles. The molecule has 38 heavy (non-hydrogen) atoms. The summed E-state index contributed by atoms with van der Waals surface area (Å²) < 4.78 is 88.6. The lowest BCUT2D eigenvalue weighted by molar-refractivity contribution is -0.136. The van der Waals surface area contributed by atoms with Gasteiger partial charge in [-0.1, -0.05) is 22.0 Å². The first-order valence-electron chi connectivity index (χ1n) is 10.5. The van der Waals surface area contributed by atoms with Crippen molar-refractivity contribution in [2.24, 2.45) is 5.73 Å². The quantitative estimate of drug-likeness (QED) is 0.134. The van der Waals surface area contributed by atoms with Crippen molar-refractivity contribution in [3.05, 3.63) is 92.5 Å². The number of methoxy groups -OCH3 is 1. The second-order valence-electron chi connectivity index (χ2n) is 7.67. The van der Waals surface area contributed by atoms with Gasteiger partial charge in [-0.2, -0.15) is 14.0 Å². The summed E-state index contributed by atoms with van der Waals surface area (Å²) in [5, 5.41) is 9.74. The van der Waals surface area contributed by atoms with E-state index in [1.54, 1.807) is 18.2 Å². The van der Waals surface area contributed by atoms with E-state index < -0.39 is 53.3 Å². The highest BCUT2D eigenvalue weighted by molar-refractivity contribution is 9.10. The molecule has 1 aliphatic rings. The van der Waals surface area contributed by atoms with Crippen molar-refractivity contribution < 1.29 is 45.7 Å². The van der Waals surface area contributed by atoms with E-state index in [0.29, 0.717) is 21.3 Å². The fourth-order valence-corrected chi connectivity index (χ4v) is 4.13. The number of benzene rings is 3. The molecule has 0 fully saturated rings. The maximum absolute atomic E-state index is 13.8. The van der Waals surface area contributed by atoms with Gasteiger partial charge in [-0.05, 0) is 24.3 Å². The molecule has 1 unspecified atom stereocenters. The first-order chi connectivity index (χ1) is 18.1. The van der Waals surface area contributed by atoms with Gasteiger partial charge in [-0.15, -0.1) is 0 Å². The van der Waals surface area contributed by atoms with Crippen molar-refractivity contribution in [2.45, 2.75) is 5.92 Å². The number of allylic oxidation sites excluding steroid dienone is 1. The first-order valence-corrected chi connectivity index (χ1v) is 11.3. The third-order valence-corrected chi connectivity index (χ3v) is 5.92. The van der Waals surface area contributed by atoms with Gasteiger partial charge < -0.3 is 24.7 Å². The van der Waals surface area contributed by atoms with Crippen LogP contribution < -0.4 is 24.7 Å². The molecular weight excluding hydrogens is 583 g/mol. The van der Waals surface area contributed by atoms with Crippen LogP contribution in [0.15, 0.2) is 52.3 Å². The Kier molecular flexibility index (Phi) is 7.45. The minimum Gasteiger partial charge on any atom is -0.496 e. The summed E-state index contributed by atoms with van der Waals surface area (Å²) in [5.41, 5.74) is 7.16. The third-order valence-electron chi connectivity index (χ3n) is 5.43. The van der Waals surface area contributed by atoms with Crippen LogP contribution in [-0.4, -0.2) is 19.7 Å². The zero-order valence-electron chi connectivity index (χ0n) is 19.1. The summed E-state index contributed by atoms with van der Waals surface area (Å²) >= 11 is 3.39. The molecule has 0 saturated carbocycles. The van der Waals surface area contributed by atoms with Crippen molar-refractivity contribution in [1.29, 1.82) is 5.26 Å². The average molecular weight is 597 g/mol. The van der Waals surface area contributed by atoms with Gasteiger partial charge in [-0.25, -0.2) is 18.0 Å². The molecule has 4 rings (SSSR count). The van der Waals surface area contributed by atoms with E-state index in [2.05, 4.69) is 20.7 Å². The van der Waals surface area contributed by atoms with Crippen LogP contribution in [0.3, 0.4) is 0 Å². The number of ether oxygens (including phenoxy) is 4. The molecule has 196 valence electrons. The molecular formula is C25H14BrF5N2O5. The second-order valence-corrected chi connectivity index (χ2v) is 8.59. The summed E-state index contributed by atoms with van der Waals surface area (Å²) in [6, 6.07) is 11.3. The number of nitrogens with zero attached hydrogens (tertiary/aromatic N) is 1. The maximum atomic E-state index is 13.8. The smallest absolute Gasteiger partial charge is 0.349 e. The summed E-state index contributed by atoms with van der Waals surface area (Å²) in [7, 11) is 1.46. The number of hydrogen-bond donors (Lipinski definition) is 1. The topological polar surface area (TPSA) is 104 Å². The van der Waals surface area contributed by atoms with E-state index in [-0.39, 0.29) is 23.0 Å². The van der Waals surface area contributed by atoms with Gasteiger partial charge in [0, 0.05) is 21.7 Å². The molecule has 3 aromatic rings. The van der Waals surface area contributed by atoms with Gasteiger partial charge in [-0.3, -0.25) is 0 Å². The number of esters is 1. The molecule has 1 aliphatic heterocycles. The molecule has 0 radical (unpaired) electrons. The Labute approximate surface area is 219 Å². The highest BCUT2D eigenvalue weighted by Gasteiger charge is 2.33. The van der Waals surface area contributed by atoms with Crippen LogP contribution in [0, 0.1) is 40.4 Å². The summed E-state index contributed by atoms with van der Waals surface area (Å²) in [5.74, 6) is -14.6. The zero-order valence-corrected chi connectivity index (χ0v) is 20.7. The Morgan fingerprint density at radius 1 is 1.03 bits per heavy atom. The van der Waals surface area contributed by atoms with Crippen LogP contribution in [0.2, 0.25) is 0 Å². The SMILES string of the molecule is COc1ccc(Br)cc1C1C(C#N)=C(N)Oc2cc(OC(=O)COc3c(F)c(F)c(F)c(F)c3F)ccc21. The summed E-state index contributed by atoms with van der Waals surface area (Å²) in [4.78, 5) is 12.2. The normalized spacial score (nSPS) is 14.3. The number of fused-ring (bicyclic) bond motifs is 1. The van der Waals surface area contributed by atoms with Gasteiger partial charge in [0.2, 0.25) is 35.0 Å². The molecule has 2 N–H and O–H groups in total. The number of carbonyl (C=O) groups excluding carboxylic acids is 1. The summed E-state index contributed by atoms with van der Waals surface area (Å²) in [6.07, 6.45) is 0. The molecule has 3 aromatic carbocycles. The lowest BCUT2D eigenvalue weighted by Gasteiger charge is -2.27. The number of halogens is 6. The number of hydrogen-bond acceptors (Lipinski definition) is 7. The number of carbonyl (C=O) groups is 1. The molecule has 1 heterocycles. The van der Waals surface area contributed by atoms with E-state index in [1.165, 1.54) is 25.3 Å². The van der Waals surface area contributed by atoms with Crippen molar-refractivity contribution in [3.8, 4) is 29.1 Å². The van der Waals surface area contributed by atoms with Crippen LogP contribution in [0.1, 0.15) is 17.0 Å². The van der Waals surface area contributed by atoms with Crippen LogP contribution in [0.5, 0.6) is 23.0 Å². The maximum Gasteiger partial charge on any atom is 0.349 e. The molecule has 0 spiro atoms. The lowest BCUT2D eigenvalue weighted by Crippen LogP contribution is -2.22. The van der Waals surface area contributed by atoms with Crippen LogP contribution in [0.25, 0.3) is 0 Å². The zero-order chi connectivity index (χ0) is 27.7. The van der Waals surface area contributed by atoms with Gasteiger partial charge in [0.1, 0.15) is 28.9 Å². The molecule has 0 aromatic heterocycles. The minimum atomic E-state index is -2.37. The predicted molar refractivity (Wildman–Crippen MR) is 124 cm³/mol. The number of rotatable bonds is 6. The van der Waals surface area contributed by atoms with Crippen LogP contribution in [-0.2, 0) is 4.79 Å². The first kappa shape index (κ1) is 26.7. The number of nitriles is 1. The van der Waals surface area contributed by atoms with Gasteiger partial charge in [0.15, 0.2) is 12.4 Å². The predicted octanol–water partition coefficient (Wildman–Crippen LogP) is 5.36. The lowest BCUT2D eigenvalue weighted by atomic mass is 9.83. The third kappa shape index (κ3) is 4.82. The van der Waals surface area contributed by atoms with E-state index >= 15 is 0 Å². The fourth-order valence-electron chi connectivity index (χ4n) is 3.75. The highest BCUT2D eigenvalue weighted by Crippen LogP contribution is 2.46. The average Bonchev–Trinajstić information content (AvgIpc) is 2.89. The highest BCUT2D eigenvalue weighted by atomic mass is 79.9. The Morgan fingerprint density at radius 3 is 2.32 bits per heavy atom. The Bertz CT molecular complexity index is 1510. The largest absolute Gasteiger partial charge is 0.496 e. The Hall–Kier alpha value is -4.31. The van der Waals surface area contributed by atoms with Gasteiger partial charge in [0.05, 0.1) is 13.0 Å². The molecule has 0 saturated heterocycles. The number of nitrogens with two attached hydrogens (primary N) is 1. The van der Waals surface area contributed by atoms with Crippen molar-refractivity contribution >= 4 is 21.9 Å². The van der Waals surface area contributed by atoms with E-state index in [9.17, 15) is 32.0 Å². The van der Waals surface area contributed by atoms with Crippen LogP contribution in [0.4, 0.5) is 22.0 Å². The minimum absolute atomic E-state index is 0.106. The van der Waals surface area contributed by atoms with Crippen molar-refractivity contribution in [1.82, 2.24) is 0 Å². The molecule has 7 nitrogen and oxygen atoms in total.